The van der Waals surface area contributed by atoms with Gasteiger partial charge in [-0.15, -0.1) is 0 Å². The van der Waals surface area contributed by atoms with Crippen molar-refractivity contribution < 1.29 is 18.0 Å². The number of fused-ring (bicyclic) bond motifs is 1. The molecule has 1 atom stereocenters. The number of nitrogens with zero attached hydrogens (tertiary/aromatic N) is 1. The molecule has 2 N–H and O–H groups in total. The minimum Gasteiger partial charge on any atom is -0.352 e. The minimum absolute atomic E-state index is 0.00863. The van der Waals surface area contributed by atoms with Crippen LogP contribution in [-0.2, 0) is 4.79 Å². The largest absolute Gasteiger partial charge is 0.352 e. The predicted molar refractivity (Wildman–Crippen MR) is 111 cm³/mol. The highest BCUT2D eigenvalue weighted by Gasteiger charge is 2.36. The van der Waals surface area contributed by atoms with E-state index in [0.717, 1.165) is 11.6 Å². The number of carbonyl (C=O) groups excluding carboxylic acids is 1. The average molecular weight is 415 g/mol. The first-order valence-corrected chi connectivity index (χ1v) is 9.98. The first-order valence-electron chi connectivity index (χ1n) is 9.98. The molecule has 4 nitrogen and oxygen atoms in total. The van der Waals surface area contributed by atoms with Gasteiger partial charge in [0.25, 0.3) is 0 Å². The van der Waals surface area contributed by atoms with Crippen molar-refractivity contribution in [3.05, 3.63) is 59.4 Å². The maximum atomic E-state index is 14.4. The second-order valence-electron chi connectivity index (χ2n) is 8.24. The van der Waals surface area contributed by atoms with Gasteiger partial charge in [0.15, 0.2) is 0 Å². The molecule has 3 aromatic rings. The lowest BCUT2D eigenvalue weighted by molar-refractivity contribution is -0.126. The summed E-state index contributed by atoms with van der Waals surface area (Å²) in [5.74, 6) is -1.69. The molecule has 1 unspecified atom stereocenters. The smallest absolute Gasteiger partial charge is 0.237 e. The summed E-state index contributed by atoms with van der Waals surface area (Å²) < 4.78 is 41.8. The van der Waals surface area contributed by atoms with Crippen molar-refractivity contribution in [3.63, 3.8) is 0 Å². The third-order valence-corrected chi connectivity index (χ3v) is 6.04. The second kappa shape index (κ2) is 7.80. The van der Waals surface area contributed by atoms with Crippen LogP contribution in [0, 0.1) is 17.5 Å². The molecule has 1 aromatic heterocycles. The molecule has 2 aromatic carbocycles. The van der Waals surface area contributed by atoms with Crippen molar-refractivity contribution in [2.75, 3.05) is 14.1 Å². The maximum Gasteiger partial charge on any atom is 0.237 e. The Kier molecular flexibility index (Phi) is 5.32. The van der Waals surface area contributed by atoms with Crippen LogP contribution in [-0.4, -0.2) is 42.0 Å². The quantitative estimate of drug-likeness (QED) is 0.642. The van der Waals surface area contributed by atoms with Crippen molar-refractivity contribution in [1.82, 2.24) is 15.2 Å². The normalized spacial score (nSPS) is 19.7. The Hall–Kier alpha value is -2.80. The fourth-order valence-corrected chi connectivity index (χ4v) is 4.04. The number of carbonyl (C=O) groups is 1. The summed E-state index contributed by atoms with van der Waals surface area (Å²) in [6.45, 7) is 1.84. The van der Waals surface area contributed by atoms with Crippen LogP contribution in [0.25, 0.3) is 22.2 Å². The summed E-state index contributed by atoms with van der Waals surface area (Å²) in [6.07, 6.45) is 1.34. The van der Waals surface area contributed by atoms with E-state index in [0.29, 0.717) is 29.5 Å². The molecule has 0 radical (unpaired) electrons. The Balaban J connectivity index is 1.66. The van der Waals surface area contributed by atoms with E-state index < -0.39 is 11.6 Å². The summed E-state index contributed by atoms with van der Waals surface area (Å²) in [7, 11) is 3.69. The van der Waals surface area contributed by atoms with E-state index in [1.54, 1.807) is 12.1 Å². The molecule has 1 heterocycles. The molecule has 0 aliphatic heterocycles. The molecule has 1 aliphatic carbocycles. The summed E-state index contributed by atoms with van der Waals surface area (Å²) >= 11 is 0. The number of aromatic amines is 1. The van der Waals surface area contributed by atoms with Gasteiger partial charge in [-0.05, 0) is 81.2 Å². The van der Waals surface area contributed by atoms with Gasteiger partial charge in [0.2, 0.25) is 5.91 Å². The molecule has 1 aliphatic rings. The number of nitrogens with one attached hydrogen (secondary N) is 2. The lowest BCUT2D eigenvalue weighted by Crippen LogP contribution is -2.49. The molecule has 0 saturated heterocycles. The Morgan fingerprint density at radius 3 is 2.40 bits per heavy atom. The Morgan fingerprint density at radius 1 is 1.10 bits per heavy atom. The number of halogens is 3. The SMILES string of the molecule is CC(C(=O)NC1CC(c2c(-c3ccc(F)cc3)[nH]c3c(F)cc(F)cc23)C1)N(C)C. The molecule has 0 bridgehead atoms. The molecule has 1 amide bonds. The van der Waals surface area contributed by atoms with Crippen LogP contribution in [0.2, 0.25) is 0 Å². The second-order valence-corrected chi connectivity index (χ2v) is 8.24. The van der Waals surface area contributed by atoms with Gasteiger partial charge in [-0.3, -0.25) is 9.69 Å². The van der Waals surface area contributed by atoms with E-state index in [-0.39, 0.29) is 35.2 Å². The zero-order chi connectivity index (χ0) is 21.6. The number of H-pyrrole nitrogens is 1. The van der Waals surface area contributed by atoms with Crippen LogP contribution >= 0.6 is 0 Å². The van der Waals surface area contributed by atoms with Crippen LogP contribution in [0.4, 0.5) is 13.2 Å². The van der Waals surface area contributed by atoms with E-state index in [4.69, 9.17) is 0 Å². The molecule has 158 valence electrons. The third kappa shape index (κ3) is 3.69. The van der Waals surface area contributed by atoms with Crippen LogP contribution in [0.3, 0.4) is 0 Å². The monoisotopic (exact) mass is 415 g/mol. The van der Waals surface area contributed by atoms with E-state index in [1.807, 2.05) is 25.9 Å². The first-order chi connectivity index (χ1) is 14.2. The lowest BCUT2D eigenvalue weighted by Gasteiger charge is -2.37. The van der Waals surface area contributed by atoms with Gasteiger partial charge in [-0.25, -0.2) is 13.2 Å². The highest BCUT2D eigenvalue weighted by atomic mass is 19.1. The van der Waals surface area contributed by atoms with Crippen molar-refractivity contribution in [3.8, 4) is 11.3 Å². The van der Waals surface area contributed by atoms with Gasteiger partial charge in [0.1, 0.15) is 17.5 Å². The average Bonchev–Trinajstić information content (AvgIpc) is 3.03. The topological polar surface area (TPSA) is 48.1 Å². The van der Waals surface area contributed by atoms with Crippen LogP contribution in [0.5, 0.6) is 0 Å². The minimum atomic E-state index is -0.663. The van der Waals surface area contributed by atoms with Crippen molar-refractivity contribution in [2.24, 2.45) is 0 Å². The van der Waals surface area contributed by atoms with Gasteiger partial charge in [-0.2, -0.15) is 0 Å². The van der Waals surface area contributed by atoms with Gasteiger partial charge < -0.3 is 10.3 Å². The first kappa shape index (κ1) is 20.5. The third-order valence-electron chi connectivity index (χ3n) is 6.04. The summed E-state index contributed by atoms with van der Waals surface area (Å²) in [5.41, 5.74) is 2.41. The number of amides is 1. The van der Waals surface area contributed by atoms with Gasteiger partial charge in [0, 0.05) is 17.5 Å². The highest BCUT2D eigenvalue weighted by Crippen LogP contribution is 2.45. The molecule has 7 heteroatoms. The number of hydrogen-bond donors (Lipinski definition) is 2. The molecule has 1 saturated carbocycles. The number of benzene rings is 2. The number of hydrogen-bond acceptors (Lipinski definition) is 2. The summed E-state index contributed by atoms with van der Waals surface area (Å²) in [5, 5.41) is 3.53. The molecule has 30 heavy (non-hydrogen) atoms. The van der Waals surface area contributed by atoms with Gasteiger partial charge in [-0.1, -0.05) is 0 Å². The maximum absolute atomic E-state index is 14.4. The van der Waals surface area contributed by atoms with E-state index in [1.165, 1.54) is 18.2 Å². The molecular formula is C23H24F3N3O. The fraction of sp³-hybridized carbons (Fsp3) is 0.348. The molecule has 0 spiro atoms. The van der Waals surface area contributed by atoms with Crippen LogP contribution in [0.1, 0.15) is 31.2 Å². The summed E-state index contributed by atoms with van der Waals surface area (Å²) in [6, 6.07) is 7.87. The fourth-order valence-electron chi connectivity index (χ4n) is 4.04. The van der Waals surface area contributed by atoms with Crippen molar-refractivity contribution in [2.45, 2.75) is 37.8 Å². The Morgan fingerprint density at radius 2 is 1.77 bits per heavy atom. The van der Waals surface area contributed by atoms with Crippen molar-refractivity contribution in [1.29, 1.82) is 0 Å². The predicted octanol–water partition coefficient (Wildman–Crippen LogP) is 4.56. The van der Waals surface area contributed by atoms with Gasteiger partial charge in [0.05, 0.1) is 17.3 Å². The standard InChI is InChI=1S/C23H24F3N3O/c1-12(29(2)3)23(30)27-17-8-14(9-17)20-18-10-16(25)11-19(26)22(18)28-21(20)13-4-6-15(24)7-5-13/h4-7,10-12,14,17,28H,8-9H2,1-3H3,(H,27,30). The zero-order valence-corrected chi connectivity index (χ0v) is 17.1. The van der Waals surface area contributed by atoms with Crippen LogP contribution < -0.4 is 5.32 Å². The van der Waals surface area contributed by atoms with Crippen LogP contribution in [0.15, 0.2) is 36.4 Å². The number of aromatic nitrogens is 1. The Bertz CT molecular complexity index is 1090. The van der Waals surface area contributed by atoms with Crippen molar-refractivity contribution >= 4 is 16.8 Å². The summed E-state index contributed by atoms with van der Waals surface area (Å²) in [4.78, 5) is 17.2. The number of rotatable bonds is 5. The van der Waals surface area contributed by atoms with E-state index >= 15 is 0 Å². The highest BCUT2D eigenvalue weighted by molar-refractivity contribution is 5.92. The number of likely N-dealkylation sites (N-methyl/N-ethyl adjacent to an activating group) is 1. The molecule has 4 rings (SSSR count). The van der Waals surface area contributed by atoms with E-state index in [2.05, 4.69) is 10.3 Å². The van der Waals surface area contributed by atoms with E-state index in [9.17, 15) is 18.0 Å². The molecule has 1 fully saturated rings. The molecular weight excluding hydrogens is 391 g/mol. The Labute approximate surface area is 173 Å². The van der Waals surface area contributed by atoms with Gasteiger partial charge >= 0.3 is 0 Å². The lowest BCUT2D eigenvalue weighted by atomic mass is 9.74. The zero-order valence-electron chi connectivity index (χ0n) is 17.1.